The summed E-state index contributed by atoms with van der Waals surface area (Å²) in [7, 11) is 0. The second-order valence-electron chi connectivity index (χ2n) is 5.82. The molecule has 0 aliphatic heterocycles. The molecule has 2 rings (SSSR count). The predicted molar refractivity (Wildman–Crippen MR) is 77.8 cm³/mol. The molecule has 0 saturated heterocycles. The van der Waals surface area contributed by atoms with E-state index in [0.717, 1.165) is 12.8 Å². The molecule has 0 N–H and O–H groups in total. The molecule has 0 bridgehead atoms. The van der Waals surface area contributed by atoms with Gasteiger partial charge < -0.3 is 0 Å². The van der Waals surface area contributed by atoms with Gasteiger partial charge in [0.25, 0.3) is 0 Å². The second-order valence-corrected chi connectivity index (χ2v) is 6.91. The molecule has 0 nitrogen and oxygen atoms in total. The lowest BCUT2D eigenvalue weighted by Gasteiger charge is -2.11. The topological polar surface area (TPSA) is 0 Å². The minimum absolute atomic E-state index is 0.0132. The first kappa shape index (κ1) is 14.0. The number of halogens is 1. The van der Waals surface area contributed by atoms with Crippen LogP contribution in [0.4, 0.5) is 4.39 Å². The Balaban J connectivity index is 2.02. The first-order valence-corrected chi connectivity index (χ1v) is 8.34. The summed E-state index contributed by atoms with van der Waals surface area (Å²) in [4.78, 5) is 1.32. The van der Waals surface area contributed by atoms with E-state index in [2.05, 4.69) is 6.92 Å². The first-order chi connectivity index (χ1) is 8.75. The SMILES string of the molecule is CC1CCCCCCCCCc2sc(F)cc2C1. The standard InChI is InChI=1S/C16H25FS/c1-13-9-7-5-3-2-4-6-8-10-15-14(11-13)12-16(17)18-15/h12-13H,2-11H2,1H3. The van der Waals surface area contributed by atoms with Crippen molar-refractivity contribution in [3.8, 4) is 0 Å². The maximum absolute atomic E-state index is 13.4. The van der Waals surface area contributed by atoms with Crippen molar-refractivity contribution in [2.24, 2.45) is 5.92 Å². The highest BCUT2D eigenvalue weighted by Gasteiger charge is 2.12. The van der Waals surface area contributed by atoms with E-state index in [-0.39, 0.29) is 5.13 Å². The van der Waals surface area contributed by atoms with Crippen LogP contribution in [0, 0.1) is 11.0 Å². The highest BCUT2D eigenvalue weighted by atomic mass is 32.1. The van der Waals surface area contributed by atoms with E-state index in [4.69, 9.17) is 0 Å². The van der Waals surface area contributed by atoms with Crippen LogP contribution in [0.15, 0.2) is 6.07 Å². The fraction of sp³-hybridized carbons (Fsp3) is 0.750. The van der Waals surface area contributed by atoms with Gasteiger partial charge in [-0.3, -0.25) is 0 Å². The van der Waals surface area contributed by atoms with Crippen molar-refractivity contribution >= 4 is 11.3 Å². The number of hydrogen-bond acceptors (Lipinski definition) is 1. The normalized spacial score (nSPS) is 23.6. The summed E-state index contributed by atoms with van der Waals surface area (Å²) < 4.78 is 13.4. The van der Waals surface area contributed by atoms with Crippen molar-refractivity contribution < 1.29 is 4.39 Å². The Morgan fingerprint density at radius 2 is 1.72 bits per heavy atom. The number of thiophene rings is 1. The van der Waals surface area contributed by atoms with Crippen LogP contribution in [0.5, 0.6) is 0 Å². The minimum Gasteiger partial charge on any atom is -0.195 e. The molecule has 0 amide bonds. The van der Waals surface area contributed by atoms with Crippen LogP contribution in [0.3, 0.4) is 0 Å². The number of hydrogen-bond donors (Lipinski definition) is 0. The zero-order valence-electron chi connectivity index (χ0n) is 11.5. The molecule has 1 atom stereocenters. The molecule has 18 heavy (non-hydrogen) atoms. The van der Waals surface area contributed by atoms with Crippen molar-refractivity contribution in [3.63, 3.8) is 0 Å². The van der Waals surface area contributed by atoms with E-state index < -0.39 is 0 Å². The van der Waals surface area contributed by atoms with E-state index in [1.807, 2.05) is 0 Å². The zero-order chi connectivity index (χ0) is 12.8. The summed E-state index contributed by atoms with van der Waals surface area (Å²) in [6.45, 7) is 2.32. The lowest BCUT2D eigenvalue weighted by atomic mass is 9.95. The number of fused-ring (bicyclic) bond motifs is 1. The average molecular weight is 268 g/mol. The quantitative estimate of drug-likeness (QED) is 0.562. The number of aryl methyl sites for hydroxylation is 1. The van der Waals surface area contributed by atoms with Gasteiger partial charge in [0, 0.05) is 4.88 Å². The zero-order valence-corrected chi connectivity index (χ0v) is 12.3. The van der Waals surface area contributed by atoms with Crippen LogP contribution < -0.4 is 0 Å². The highest BCUT2D eigenvalue weighted by molar-refractivity contribution is 7.10. The highest BCUT2D eigenvalue weighted by Crippen LogP contribution is 2.27. The predicted octanol–water partition coefficient (Wildman–Crippen LogP) is 5.74. The molecule has 2 heteroatoms. The fourth-order valence-corrected chi connectivity index (χ4v) is 3.91. The Kier molecular flexibility index (Phi) is 5.68. The summed E-state index contributed by atoms with van der Waals surface area (Å²) in [6.07, 6.45) is 12.9. The van der Waals surface area contributed by atoms with E-state index in [0.29, 0.717) is 5.92 Å². The van der Waals surface area contributed by atoms with E-state index in [1.54, 1.807) is 6.07 Å². The molecule has 102 valence electrons. The van der Waals surface area contributed by atoms with Gasteiger partial charge in [-0.2, -0.15) is 4.39 Å². The summed E-state index contributed by atoms with van der Waals surface area (Å²) in [6, 6.07) is 1.79. The van der Waals surface area contributed by atoms with Crippen LogP contribution in [-0.4, -0.2) is 0 Å². The van der Waals surface area contributed by atoms with Gasteiger partial charge >= 0.3 is 0 Å². The maximum atomic E-state index is 13.4. The van der Waals surface area contributed by atoms with E-state index in [1.165, 1.54) is 73.1 Å². The van der Waals surface area contributed by atoms with Crippen LogP contribution in [0.1, 0.15) is 68.7 Å². The van der Waals surface area contributed by atoms with Crippen molar-refractivity contribution in [2.75, 3.05) is 0 Å². The largest absolute Gasteiger partial charge is 0.195 e. The van der Waals surface area contributed by atoms with Crippen LogP contribution in [0.2, 0.25) is 0 Å². The third-order valence-electron chi connectivity index (χ3n) is 4.04. The van der Waals surface area contributed by atoms with E-state index in [9.17, 15) is 4.39 Å². The molecule has 1 heterocycles. The van der Waals surface area contributed by atoms with Gasteiger partial charge in [-0.05, 0) is 36.8 Å². The van der Waals surface area contributed by atoms with Gasteiger partial charge in [0.05, 0.1) is 0 Å². The van der Waals surface area contributed by atoms with Gasteiger partial charge in [-0.25, -0.2) is 0 Å². The maximum Gasteiger partial charge on any atom is 0.176 e. The second kappa shape index (κ2) is 7.28. The Bertz CT molecular complexity index is 356. The Morgan fingerprint density at radius 1 is 1.06 bits per heavy atom. The van der Waals surface area contributed by atoms with Crippen LogP contribution >= 0.6 is 11.3 Å². The van der Waals surface area contributed by atoms with Crippen molar-refractivity contribution in [3.05, 3.63) is 21.6 Å². The van der Waals surface area contributed by atoms with Crippen molar-refractivity contribution in [2.45, 2.75) is 71.1 Å². The average Bonchev–Trinajstić information content (AvgIpc) is 2.67. The molecule has 1 aromatic rings. The summed E-state index contributed by atoms with van der Waals surface area (Å²) >= 11 is 1.38. The first-order valence-electron chi connectivity index (χ1n) is 7.53. The molecule has 1 unspecified atom stereocenters. The smallest absolute Gasteiger partial charge is 0.176 e. The van der Waals surface area contributed by atoms with Gasteiger partial charge in [0.15, 0.2) is 5.13 Å². The van der Waals surface area contributed by atoms with Gasteiger partial charge in [-0.15, -0.1) is 11.3 Å². The molecule has 0 aromatic carbocycles. The molecule has 1 aromatic heterocycles. The van der Waals surface area contributed by atoms with Gasteiger partial charge in [0.2, 0.25) is 0 Å². The van der Waals surface area contributed by atoms with Crippen molar-refractivity contribution in [1.82, 2.24) is 0 Å². The van der Waals surface area contributed by atoms with Crippen LogP contribution in [0.25, 0.3) is 0 Å². The van der Waals surface area contributed by atoms with Crippen LogP contribution in [-0.2, 0) is 12.8 Å². The third-order valence-corrected chi connectivity index (χ3v) is 5.06. The molecule has 1 aliphatic rings. The number of rotatable bonds is 0. The third kappa shape index (κ3) is 4.38. The lowest BCUT2D eigenvalue weighted by Crippen LogP contribution is -2.01. The van der Waals surface area contributed by atoms with E-state index >= 15 is 0 Å². The Morgan fingerprint density at radius 3 is 2.50 bits per heavy atom. The summed E-state index contributed by atoms with van der Waals surface area (Å²) in [5, 5.41) is 0.0132. The van der Waals surface area contributed by atoms with Gasteiger partial charge in [-0.1, -0.05) is 51.9 Å². The molecule has 0 radical (unpaired) electrons. The lowest BCUT2D eigenvalue weighted by molar-refractivity contribution is 0.481. The fourth-order valence-electron chi connectivity index (χ4n) is 2.95. The Labute approximate surface area is 115 Å². The van der Waals surface area contributed by atoms with Crippen molar-refractivity contribution in [1.29, 1.82) is 0 Å². The van der Waals surface area contributed by atoms with Gasteiger partial charge in [0.1, 0.15) is 0 Å². The molecular formula is C16H25FS. The summed E-state index contributed by atoms with van der Waals surface area (Å²) in [5.74, 6) is 0.707. The Hall–Kier alpha value is -0.370. The molecule has 0 spiro atoms. The minimum atomic E-state index is 0.0132. The molecule has 0 fully saturated rings. The molecule has 1 aliphatic carbocycles. The monoisotopic (exact) mass is 268 g/mol. The summed E-state index contributed by atoms with van der Waals surface area (Å²) in [5.41, 5.74) is 1.30. The molecular weight excluding hydrogens is 243 g/mol. The molecule has 0 saturated carbocycles.